The van der Waals surface area contributed by atoms with E-state index in [9.17, 15) is 14.9 Å². The molecule has 9 heteroatoms. The molecule has 0 unspecified atom stereocenters. The molecule has 30 heavy (non-hydrogen) atoms. The Labute approximate surface area is 175 Å². The molecule has 150 valence electrons. The van der Waals surface area contributed by atoms with Crippen molar-refractivity contribution in [3.8, 4) is 17.2 Å². The van der Waals surface area contributed by atoms with Crippen LogP contribution in [0.2, 0.25) is 5.02 Å². The van der Waals surface area contributed by atoms with Gasteiger partial charge in [-0.25, -0.2) is 4.98 Å². The highest BCUT2D eigenvalue weighted by Crippen LogP contribution is 2.30. The lowest BCUT2D eigenvalue weighted by molar-refractivity contribution is -0.384. The van der Waals surface area contributed by atoms with Crippen molar-refractivity contribution in [2.45, 2.75) is 0 Å². The fraction of sp³-hybridized carbons (Fsp3) is 0.0476. The molecule has 1 aromatic heterocycles. The van der Waals surface area contributed by atoms with Crippen LogP contribution in [0.4, 0.5) is 11.4 Å². The van der Waals surface area contributed by atoms with Gasteiger partial charge in [0.1, 0.15) is 11.3 Å². The highest BCUT2D eigenvalue weighted by Gasteiger charge is 2.13. The Bertz CT molecular complexity index is 1240. The number of amides is 1. The van der Waals surface area contributed by atoms with Crippen LogP contribution in [0, 0.1) is 10.1 Å². The van der Waals surface area contributed by atoms with Gasteiger partial charge in [0.15, 0.2) is 12.2 Å². The molecule has 1 amide bonds. The Kier molecular flexibility index (Phi) is 5.32. The number of nitrogens with one attached hydrogen (secondary N) is 1. The number of benzene rings is 3. The third kappa shape index (κ3) is 4.23. The van der Waals surface area contributed by atoms with Crippen molar-refractivity contribution in [2.24, 2.45) is 0 Å². The minimum absolute atomic E-state index is 0.0520. The summed E-state index contributed by atoms with van der Waals surface area (Å²) in [6, 6.07) is 17.8. The van der Waals surface area contributed by atoms with E-state index in [4.69, 9.17) is 20.8 Å². The molecule has 0 aliphatic rings. The van der Waals surface area contributed by atoms with Gasteiger partial charge >= 0.3 is 0 Å². The number of nitrogens with zero attached hydrogens (tertiary/aromatic N) is 2. The molecule has 0 radical (unpaired) electrons. The largest absolute Gasteiger partial charge is 0.484 e. The number of rotatable bonds is 6. The summed E-state index contributed by atoms with van der Waals surface area (Å²) in [5.74, 6) is 0.357. The second-order valence-corrected chi connectivity index (χ2v) is 6.68. The summed E-state index contributed by atoms with van der Waals surface area (Å²) >= 11 is 6.19. The molecule has 0 saturated heterocycles. The van der Waals surface area contributed by atoms with E-state index in [1.54, 1.807) is 24.3 Å². The van der Waals surface area contributed by atoms with E-state index in [1.807, 2.05) is 18.2 Å². The molecule has 1 N–H and O–H groups in total. The quantitative estimate of drug-likeness (QED) is 0.342. The van der Waals surface area contributed by atoms with Gasteiger partial charge in [-0.1, -0.05) is 23.7 Å². The third-order valence-electron chi connectivity index (χ3n) is 4.19. The number of fused-ring (bicyclic) bond motifs is 1. The highest BCUT2D eigenvalue weighted by atomic mass is 35.5. The molecule has 0 spiro atoms. The highest BCUT2D eigenvalue weighted by molar-refractivity contribution is 6.33. The first kappa shape index (κ1) is 19.4. The van der Waals surface area contributed by atoms with Gasteiger partial charge < -0.3 is 14.5 Å². The molecule has 0 atom stereocenters. The number of anilines is 1. The minimum Gasteiger partial charge on any atom is -0.484 e. The second-order valence-electron chi connectivity index (χ2n) is 6.27. The molecule has 0 saturated carbocycles. The first-order valence-corrected chi connectivity index (χ1v) is 9.20. The fourth-order valence-electron chi connectivity index (χ4n) is 2.77. The molecule has 4 rings (SSSR count). The topological polar surface area (TPSA) is 108 Å². The van der Waals surface area contributed by atoms with Gasteiger partial charge in [-0.05, 0) is 42.5 Å². The number of carbonyl (C=O) groups is 1. The lowest BCUT2D eigenvalue weighted by Gasteiger charge is -2.07. The summed E-state index contributed by atoms with van der Waals surface area (Å²) in [7, 11) is 0. The van der Waals surface area contributed by atoms with Crippen LogP contribution in [0.5, 0.6) is 5.75 Å². The number of nitro benzene ring substituents is 1. The first-order chi connectivity index (χ1) is 14.5. The molecule has 0 fully saturated rings. The van der Waals surface area contributed by atoms with Crippen LogP contribution in [-0.4, -0.2) is 22.4 Å². The molecule has 3 aromatic carbocycles. The second kappa shape index (κ2) is 8.22. The molecular formula is C21H14ClN3O5. The molecule has 1 heterocycles. The van der Waals surface area contributed by atoms with E-state index in [1.165, 1.54) is 24.3 Å². The molecule has 0 aliphatic heterocycles. The number of halogens is 1. The zero-order valence-corrected chi connectivity index (χ0v) is 16.1. The van der Waals surface area contributed by atoms with Crippen LogP contribution in [0.15, 0.2) is 71.1 Å². The number of ether oxygens (including phenoxy) is 1. The van der Waals surface area contributed by atoms with Gasteiger partial charge in [-0.15, -0.1) is 0 Å². The lowest BCUT2D eigenvalue weighted by atomic mass is 10.2. The van der Waals surface area contributed by atoms with E-state index in [0.29, 0.717) is 39.0 Å². The average Bonchev–Trinajstić information content (AvgIpc) is 3.16. The Morgan fingerprint density at radius 3 is 2.63 bits per heavy atom. The predicted octanol–water partition coefficient (Wildman–Crippen LogP) is 5.07. The molecule has 0 aliphatic carbocycles. The van der Waals surface area contributed by atoms with E-state index in [0.717, 1.165) is 0 Å². The van der Waals surface area contributed by atoms with E-state index >= 15 is 0 Å². The number of hydrogen-bond donors (Lipinski definition) is 1. The van der Waals surface area contributed by atoms with Gasteiger partial charge in [0, 0.05) is 17.8 Å². The number of carbonyl (C=O) groups excluding carboxylic acids is 1. The van der Waals surface area contributed by atoms with Crippen LogP contribution in [-0.2, 0) is 4.79 Å². The van der Waals surface area contributed by atoms with E-state index in [-0.39, 0.29) is 18.2 Å². The first-order valence-electron chi connectivity index (χ1n) is 8.82. The maximum absolute atomic E-state index is 12.2. The van der Waals surface area contributed by atoms with Gasteiger partial charge in [-0.3, -0.25) is 14.9 Å². The Hall–Kier alpha value is -3.91. The molecule has 0 bridgehead atoms. The third-order valence-corrected chi connectivity index (χ3v) is 4.52. The number of oxazole rings is 1. The van der Waals surface area contributed by atoms with Crippen molar-refractivity contribution in [3.63, 3.8) is 0 Å². The zero-order valence-electron chi connectivity index (χ0n) is 15.4. The smallest absolute Gasteiger partial charge is 0.269 e. The summed E-state index contributed by atoms with van der Waals surface area (Å²) < 4.78 is 11.1. The van der Waals surface area contributed by atoms with E-state index < -0.39 is 4.92 Å². The summed E-state index contributed by atoms with van der Waals surface area (Å²) in [4.78, 5) is 26.8. The fourth-order valence-corrected chi connectivity index (χ4v) is 2.98. The van der Waals surface area contributed by atoms with Crippen LogP contribution in [0.25, 0.3) is 22.6 Å². The zero-order chi connectivity index (χ0) is 21.1. The normalized spacial score (nSPS) is 10.7. The van der Waals surface area contributed by atoms with Crippen LogP contribution in [0.1, 0.15) is 0 Å². The van der Waals surface area contributed by atoms with Crippen LogP contribution >= 0.6 is 11.6 Å². The standard InChI is InChI=1S/C21H14ClN3O5/c22-17-4-2-1-3-16(17)21-24-18-11-13(5-10-19(18)30-21)23-20(26)12-29-15-8-6-14(7-9-15)25(27)28/h1-11H,12H2,(H,23,26). The summed E-state index contributed by atoms with van der Waals surface area (Å²) in [5.41, 5.74) is 2.28. The van der Waals surface area contributed by atoms with Crippen LogP contribution < -0.4 is 10.1 Å². The SMILES string of the molecule is O=C(COc1ccc([N+](=O)[O-])cc1)Nc1ccc2oc(-c3ccccc3Cl)nc2c1. The van der Waals surface area contributed by atoms with Crippen molar-refractivity contribution in [1.82, 2.24) is 4.98 Å². The maximum atomic E-state index is 12.2. The summed E-state index contributed by atoms with van der Waals surface area (Å²) in [6.45, 7) is -0.250. The number of hydrogen-bond acceptors (Lipinski definition) is 6. The Morgan fingerprint density at radius 2 is 1.90 bits per heavy atom. The van der Waals surface area contributed by atoms with Crippen molar-refractivity contribution in [3.05, 3.63) is 81.9 Å². The predicted molar refractivity (Wildman–Crippen MR) is 112 cm³/mol. The van der Waals surface area contributed by atoms with Crippen molar-refractivity contribution >= 4 is 40.0 Å². The number of non-ortho nitro benzene ring substituents is 1. The maximum Gasteiger partial charge on any atom is 0.269 e. The molecular weight excluding hydrogens is 410 g/mol. The summed E-state index contributed by atoms with van der Waals surface area (Å²) in [5, 5.41) is 13.9. The van der Waals surface area contributed by atoms with Crippen molar-refractivity contribution < 1.29 is 18.9 Å². The number of nitro groups is 1. The Balaban J connectivity index is 1.42. The number of aromatic nitrogens is 1. The van der Waals surface area contributed by atoms with Gasteiger partial charge in [0.2, 0.25) is 5.89 Å². The molecule has 4 aromatic rings. The minimum atomic E-state index is -0.506. The Morgan fingerprint density at radius 1 is 1.13 bits per heavy atom. The van der Waals surface area contributed by atoms with E-state index in [2.05, 4.69) is 10.3 Å². The molecule has 8 nitrogen and oxygen atoms in total. The van der Waals surface area contributed by atoms with Crippen LogP contribution in [0.3, 0.4) is 0 Å². The lowest BCUT2D eigenvalue weighted by Crippen LogP contribution is -2.20. The van der Waals surface area contributed by atoms with Crippen molar-refractivity contribution in [2.75, 3.05) is 11.9 Å². The van der Waals surface area contributed by atoms with Gasteiger partial charge in [-0.2, -0.15) is 0 Å². The van der Waals surface area contributed by atoms with Crippen molar-refractivity contribution in [1.29, 1.82) is 0 Å². The van der Waals surface area contributed by atoms with Gasteiger partial charge in [0.05, 0.1) is 15.5 Å². The average molecular weight is 424 g/mol. The summed E-state index contributed by atoms with van der Waals surface area (Å²) in [6.07, 6.45) is 0. The van der Waals surface area contributed by atoms with Gasteiger partial charge in [0.25, 0.3) is 11.6 Å². The monoisotopic (exact) mass is 423 g/mol.